The maximum atomic E-state index is 12.2. The average molecular weight is 284 g/mol. The van der Waals surface area contributed by atoms with Crippen molar-refractivity contribution in [2.75, 3.05) is 20.7 Å². The third kappa shape index (κ3) is 5.90. The van der Waals surface area contributed by atoms with Gasteiger partial charge in [-0.05, 0) is 39.8 Å². The van der Waals surface area contributed by atoms with E-state index in [1.165, 1.54) is 26.4 Å². The van der Waals surface area contributed by atoms with Crippen molar-refractivity contribution in [3.8, 4) is 0 Å². The quantitative estimate of drug-likeness (QED) is 0.723. The second-order valence-electron chi connectivity index (χ2n) is 5.68. The van der Waals surface area contributed by atoms with Crippen LogP contribution in [0.1, 0.15) is 51.9 Å². The first-order valence-corrected chi connectivity index (χ1v) is 7.62. The van der Waals surface area contributed by atoms with Gasteiger partial charge in [0.05, 0.1) is 13.2 Å². The average Bonchev–Trinajstić information content (AvgIpc) is 2.47. The van der Waals surface area contributed by atoms with E-state index in [0.29, 0.717) is 25.4 Å². The van der Waals surface area contributed by atoms with E-state index < -0.39 is 0 Å². The Morgan fingerprint density at radius 2 is 1.95 bits per heavy atom. The molecule has 116 valence electrons. The molecule has 0 bridgehead atoms. The zero-order valence-corrected chi connectivity index (χ0v) is 13.0. The minimum atomic E-state index is -0.197. The molecule has 1 aliphatic rings. The second kappa shape index (κ2) is 8.95. The number of ether oxygens (including phenoxy) is 1. The van der Waals surface area contributed by atoms with E-state index in [2.05, 4.69) is 10.1 Å². The Morgan fingerprint density at radius 3 is 2.55 bits per heavy atom. The summed E-state index contributed by atoms with van der Waals surface area (Å²) in [6.45, 7) is 2.63. The van der Waals surface area contributed by atoms with E-state index in [-0.39, 0.29) is 17.9 Å². The smallest absolute Gasteiger partial charge is 0.305 e. The number of rotatable bonds is 7. The summed E-state index contributed by atoms with van der Waals surface area (Å²) >= 11 is 0. The fourth-order valence-corrected chi connectivity index (χ4v) is 2.54. The van der Waals surface area contributed by atoms with Crippen LogP contribution in [0.2, 0.25) is 0 Å². The Balaban J connectivity index is 2.25. The van der Waals surface area contributed by atoms with E-state index in [4.69, 9.17) is 0 Å². The zero-order valence-electron chi connectivity index (χ0n) is 13.0. The van der Waals surface area contributed by atoms with Gasteiger partial charge in [0.2, 0.25) is 5.91 Å². The molecule has 0 saturated heterocycles. The lowest BCUT2D eigenvalue weighted by Gasteiger charge is -2.28. The van der Waals surface area contributed by atoms with Crippen molar-refractivity contribution in [2.24, 2.45) is 0 Å². The highest BCUT2D eigenvalue weighted by molar-refractivity contribution is 5.81. The summed E-state index contributed by atoms with van der Waals surface area (Å²) in [5.41, 5.74) is 0. The van der Waals surface area contributed by atoms with Crippen molar-refractivity contribution in [3.05, 3.63) is 0 Å². The van der Waals surface area contributed by atoms with Crippen LogP contribution in [0, 0.1) is 0 Å². The van der Waals surface area contributed by atoms with Gasteiger partial charge in [-0.15, -0.1) is 0 Å². The topological polar surface area (TPSA) is 58.6 Å². The third-order valence-corrected chi connectivity index (χ3v) is 4.11. The van der Waals surface area contributed by atoms with Gasteiger partial charge >= 0.3 is 5.97 Å². The highest BCUT2D eigenvalue weighted by Gasteiger charge is 2.22. The molecule has 20 heavy (non-hydrogen) atoms. The summed E-state index contributed by atoms with van der Waals surface area (Å²) < 4.78 is 4.60. The van der Waals surface area contributed by atoms with Crippen molar-refractivity contribution in [1.82, 2.24) is 10.2 Å². The molecule has 0 aromatic rings. The fourth-order valence-electron chi connectivity index (χ4n) is 2.54. The van der Waals surface area contributed by atoms with Crippen molar-refractivity contribution in [1.29, 1.82) is 0 Å². The van der Waals surface area contributed by atoms with Gasteiger partial charge in [-0.3, -0.25) is 14.5 Å². The Kier molecular flexibility index (Phi) is 7.59. The van der Waals surface area contributed by atoms with Crippen LogP contribution in [0.25, 0.3) is 0 Å². The van der Waals surface area contributed by atoms with E-state index in [9.17, 15) is 9.59 Å². The maximum Gasteiger partial charge on any atom is 0.305 e. The molecule has 1 fully saturated rings. The number of carbonyl (C=O) groups is 2. The van der Waals surface area contributed by atoms with Crippen molar-refractivity contribution in [3.63, 3.8) is 0 Å². The zero-order chi connectivity index (χ0) is 15.0. The SMILES string of the molecule is COC(=O)CCCN(C)C(C)C(=O)NC1CCCCC1. The van der Waals surface area contributed by atoms with Gasteiger partial charge in [0.25, 0.3) is 0 Å². The normalized spacial score (nSPS) is 17.8. The Labute approximate surface area is 122 Å². The number of amides is 1. The summed E-state index contributed by atoms with van der Waals surface area (Å²) in [6.07, 6.45) is 7.04. The first kappa shape index (κ1) is 17.0. The largest absolute Gasteiger partial charge is 0.469 e. The van der Waals surface area contributed by atoms with Crippen LogP contribution in [0.3, 0.4) is 0 Å². The summed E-state index contributed by atoms with van der Waals surface area (Å²) in [5, 5.41) is 3.14. The molecule has 1 rings (SSSR count). The Hall–Kier alpha value is -1.10. The van der Waals surface area contributed by atoms with E-state index in [1.54, 1.807) is 0 Å². The van der Waals surface area contributed by atoms with E-state index >= 15 is 0 Å². The number of nitrogens with zero attached hydrogens (tertiary/aromatic N) is 1. The van der Waals surface area contributed by atoms with Gasteiger partial charge in [-0.2, -0.15) is 0 Å². The number of likely N-dealkylation sites (N-methyl/N-ethyl adjacent to an activating group) is 1. The molecule has 1 unspecified atom stereocenters. The molecule has 0 radical (unpaired) electrons. The van der Waals surface area contributed by atoms with E-state index in [0.717, 1.165) is 12.8 Å². The van der Waals surface area contributed by atoms with Crippen LogP contribution in [0.15, 0.2) is 0 Å². The van der Waals surface area contributed by atoms with Crippen LogP contribution in [-0.2, 0) is 14.3 Å². The first-order valence-electron chi connectivity index (χ1n) is 7.62. The van der Waals surface area contributed by atoms with Crippen LogP contribution in [-0.4, -0.2) is 49.6 Å². The molecule has 1 N–H and O–H groups in total. The fraction of sp³-hybridized carbons (Fsp3) is 0.867. The molecule has 0 heterocycles. The lowest BCUT2D eigenvalue weighted by atomic mass is 9.95. The maximum absolute atomic E-state index is 12.2. The molecule has 5 nitrogen and oxygen atoms in total. The van der Waals surface area contributed by atoms with Gasteiger partial charge in [0, 0.05) is 12.5 Å². The van der Waals surface area contributed by atoms with Crippen LogP contribution in [0.4, 0.5) is 0 Å². The van der Waals surface area contributed by atoms with Gasteiger partial charge < -0.3 is 10.1 Å². The number of methoxy groups -OCH3 is 1. The lowest BCUT2D eigenvalue weighted by Crippen LogP contribution is -2.47. The van der Waals surface area contributed by atoms with Gasteiger partial charge in [0.15, 0.2) is 0 Å². The molecule has 0 spiro atoms. The summed E-state index contributed by atoms with van der Waals surface area (Å²) in [4.78, 5) is 25.2. The number of carbonyl (C=O) groups excluding carboxylic acids is 2. The standard InChI is InChI=1S/C15H28N2O3/c1-12(17(2)11-7-10-14(18)20-3)15(19)16-13-8-5-4-6-9-13/h12-13H,4-11H2,1-3H3,(H,16,19). The van der Waals surface area contributed by atoms with Crippen molar-refractivity contribution >= 4 is 11.9 Å². The minimum absolute atomic E-state index is 0.0949. The van der Waals surface area contributed by atoms with Crippen LogP contribution < -0.4 is 5.32 Å². The van der Waals surface area contributed by atoms with Gasteiger partial charge in [0.1, 0.15) is 0 Å². The summed E-state index contributed by atoms with van der Waals surface area (Å²) in [5.74, 6) is -0.102. The number of hydrogen-bond acceptors (Lipinski definition) is 4. The van der Waals surface area contributed by atoms with Crippen LogP contribution in [0.5, 0.6) is 0 Å². The van der Waals surface area contributed by atoms with Crippen LogP contribution >= 0.6 is 0 Å². The summed E-state index contributed by atoms with van der Waals surface area (Å²) in [6, 6.07) is 0.191. The Morgan fingerprint density at radius 1 is 1.30 bits per heavy atom. The lowest BCUT2D eigenvalue weighted by molar-refractivity contribution is -0.140. The molecular formula is C15H28N2O3. The monoisotopic (exact) mass is 284 g/mol. The number of nitrogens with one attached hydrogen (secondary N) is 1. The highest BCUT2D eigenvalue weighted by atomic mass is 16.5. The number of esters is 1. The van der Waals surface area contributed by atoms with Crippen molar-refractivity contribution < 1.29 is 14.3 Å². The molecule has 0 aromatic carbocycles. The molecule has 0 aromatic heterocycles. The third-order valence-electron chi connectivity index (χ3n) is 4.11. The predicted molar refractivity (Wildman–Crippen MR) is 78.4 cm³/mol. The molecular weight excluding hydrogens is 256 g/mol. The Bertz CT molecular complexity index is 314. The first-order chi connectivity index (χ1) is 9.54. The van der Waals surface area contributed by atoms with E-state index in [1.807, 2.05) is 18.9 Å². The molecule has 1 saturated carbocycles. The molecule has 5 heteroatoms. The predicted octanol–water partition coefficient (Wildman–Crippen LogP) is 1.71. The van der Waals surface area contributed by atoms with Crippen molar-refractivity contribution in [2.45, 2.75) is 64.0 Å². The van der Waals surface area contributed by atoms with Gasteiger partial charge in [-0.25, -0.2) is 0 Å². The molecule has 1 atom stereocenters. The second-order valence-corrected chi connectivity index (χ2v) is 5.68. The molecule has 1 amide bonds. The number of hydrogen-bond donors (Lipinski definition) is 1. The highest BCUT2D eigenvalue weighted by Crippen LogP contribution is 2.17. The molecule has 0 aliphatic heterocycles. The van der Waals surface area contributed by atoms with Gasteiger partial charge in [-0.1, -0.05) is 19.3 Å². The minimum Gasteiger partial charge on any atom is -0.469 e. The molecule has 1 aliphatic carbocycles. The summed E-state index contributed by atoms with van der Waals surface area (Å²) in [7, 11) is 3.31.